The number of thiazole rings is 1. The van der Waals surface area contributed by atoms with Crippen LogP contribution in [0.4, 0.5) is 11.5 Å². The van der Waals surface area contributed by atoms with Gasteiger partial charge in [0.1, 0.15) is 22.3 Å². The molecule has 0 radical (unpaired) electrons. The van der Waals surface area contributed by atoms with E-state index < -0.39 is 0 Å². The van der Waals surface area contributed by atoms with E-state index in [1.54, 1.807) is 17.8 Å². The molecule has 0 unspecified atom stereocenters. The van der Waals surface area contributed by atoms with E-state index in [2.05, 4.69) is 25.6 Å². The van der Waals surface area contributed by atoms with Gasteiger partial charge in [-0.05, 0) is 49.5 Å². The molecule has 5 rings (SSSR count). The monoisotopic (exact) mass is 486 g/mol. The molecule has 1 aliphatic rings. The Kier molecular flexibility index (Phi) is 6.69. The molecule has 0 aliphatic carbocycles. The highest BCUT2D eigenvalue weighted by atomic mass is 32.1. The Balaban J connectivity index is 1.26. The maximum Gasteiger partial charge on any atom is 0.275 e. The minimum atomic E-state index is -0.209. The third-order valence-corrected chi connectivity index (χ3v) is 6.43. The molecule has 1 aliphatic heterocycles. The van der Waals surface area contributed by atoms with Gasteiger partial charge in [-0.25, -0.2) is 9.97 Å². The average molecular weight is 487 g/mol. The summed E-state index contributed by atoms with van der Waals surface area (Å²) in [6.07, 6.45) is 6.19. The fourth-order valence-electron chi connectivity index (χ4n) is 3.98. The van der Waals surface area contributed by atoms with Crippen LogP contribution in [0, 0.1) is 0 Å². The van der Waals surface area contributed by atoms with Crippen LogP contribution >= 0.6 is 11.3 Å². The van der Waals surface area contributed by atoms with Gasteiger partial charge >= 0.3 is 0 Å². The third kappa shape index (κ3) is 5.31. The van der Waals surface area contributed by atoms with E-state index >= 15 is 0 Å². The Labute approximate surface area is 208 Å². The Morgan fingerprint density at radius 3 is 2.89 bits per heavy atom. The number of fused-ring (bicyclic) bond motifs is 1. The molecule has 0 atom stereocenters. The molecule has 1 aromatic carbocycles. The molecule has 9 heteroatoms. The smallest absolute Gasteiger partial charge is 0.275 e. The molecular formula is C26H26N6O2S. The highest BCUT2D eigenvalue weighted by Crippen LogP contribution is 2.39. The van der Waals surface area contributed by atoms with Crippen LogP contribution in [0.3, 0.4) is 0 Å². The van der Waals surface area contributed by atoms with Crippen molar-refractivity contribution < 1.29 is 9.53 Å². The van der Waals surface area contributed by atoms with Crippen LogP contribution < -0.4 is 15.4 Å². The van der Waals surface area contributed by atoms with E-state index in [-0.39, 0.29) is 5.91 Å². The van der Waals surface area contributed by atoms with E-state index in [1.165, 1.54) is 11.3 Å². The normalized spacial score (nSPS) is 12.3. The van der Waals surface area contributed by atoms with Crippen molar-refractivity contribution in [3.63, 3.8) is 0 Å². The van der Waals surface area contributed by atoms with Crippen LogP contribution in [0.5, 0.6) is 5.75 Å². The lowest BCUT2D eigenvalue weighted by atomic mass is 10.0. The van der Waals surface area contributed by atoms with Gasteiger partial charge in [0.25, 0.3) is 5.91 Å². The topological polar surface area (TPSA) is 92.3 Å². The van der Waals surface area contributed by atoms with Gasteiger partial charge in [-0.3, -0.25) is 9.78 Å². The second-order valence-electron chi connectivity index (χ2n) is 8.53. The van der Waals surface area contributed by atoms with Crippen molar-refractivity contribution in [2.45, 2.75) is 19.5 Å². The quantitative estimate of drug-likeness (QED) is 0.380. The number of pyridine rings is 2. The van der Waals surface area contributed by atoms with E-state index in [1.807, 2.05) is 61.6 Å². The average Bonchev–Trinajstić information content (AvgIpc) is 3.53. The molecule has 0 spiro atoms. The SMILES string of the molecule is CN(C)Cc1nc(C(=O)Nc2cccc(CNc3ncc(-c4ccncc4)c4c3CCO4)c2)cs1. The van der Waals surface area contributed by atoms with Crippen LogP contribution in [0.2, 0.25) is 0 Å². The zero-order chi connectivity index (χ0) is 24.2. The van der Waals surface area contributed by atoms with Crippen molar-refractivity contribution in [1.29, 1.82) is 0 Å². The molecule has 2 N–H and O–H groups in total. The molecule has 8 nitrogen and oxygen atoms in total. The number of aromatic nitrogens is 3. The molecule has 1 amide bonds. The number of benzene rings is 1. The number of carbonyl (C=O) groups excluding carboxylic acids is 1. The fraction of sp³-hybridized carbons (Fsp3) is 0.231. The van der Waals surface area contributed by atoms with E-state index in [0.29, 0.717) is 25.4 Å². The molecule has 3 aromatic heterocycles. The first-order valence-corrected chi connectivity index (χ1v) is 12.2. The van der Waals surface area contributed by atoms with Gasteiger partial charge in [0.2, 0.25) is 0 Å². The molecule has 0 saturated carbocycles. The highest BCUT2D eigenvalue weighted by Gasteiger charge is 2.22. The summed E-state index contributed by atoms with van der Waals surface area (Å²) in [5, 5.41) is 9.11. The summed E-state index contributed by atoms with van der Waals surface area (Å²) in [6, 6.07) is 11.7. The van der Waals surface area contributed by atoms with Crippen molar-refractivity contribution in [3.8, 4) is 16.9 Å². The second kappa shape index (κ2) is 10.2. The number of hydrogen-bond acceptors (Lipinski definition) is 8. The van der Waals surface area contributed by atoms with Gasteiger partial charge in [0, 0.05) is 60.3 Å². The zero-order valence-electron chi connectivity index (χ0n) is 19.6. The van der Waals surface area contributed by atoms with Gasteiger partial charge in [0.05, 0.1) is 6.61 Å². The number of anilines is 2. The van der Waals surface area contributed by atoms with Crippen LogP contribution in [-0.4, -0.2) is 46.5 Å². The molecule has 35 heavy (non-hydrogen) atoms. The molecule has 0 fully saturated rings. The Bertz CT molecular complexity index is 1340. The highest BCUT2D eigenvalue weighted by molar-refractivity contribution is 7.09. The Morgan fingerprint density at radius 1 is 1.20 bits per heavy atom. The van der Waals surface area contributed by atoms with Crippen molar-refractivity contribution >= 4 is 28.7 Å². The minimum Gasteiger partial charge on any atom is -0.492 e. The third-order valence-electron chi connectivity index (χ3n) is 5.60. The zero-order valence-corrected chi connectivity index (χ0v) is 20.4. The number of nitrogens with zero attached hydrogens (tertiary/aromatic N) is 4. The first-order valence-electron chi connectivity index (χ1n) is 11.3. The predicted molar refractivity (Wildman–Crippen MR) is 138 cm³/mol. The van der Waals surface area contributed by atoms with Crippen LogP contribution in [0.15, 0.2) is 60.4 Å². The van der Waals surface area contributed by atoms with Gasteiger partial charge in [0.15, 0.2) is 0 Å². The first-order chi connectivity index (χ1) is 17.1. The largest absolute Gasteiger partial charge is 0.492 e. The predicted octanol–water partition coefficient (Wildman–Crippen LogP) is 4.46. The Morgan fingerprint density at radius 2 is 2.06 bits per heavy atom. The summed E-state index contributed by atoms with van der Waals surface area (Å²) >= 11 is 1.49. The lowest BCUT2D eigenvalue weighted by Gasteiger charge is -2.13. The van der Waals surface area contributed by atoms with Gasteiger partial charge in [-0.15, -0.1) is 11.3 Å². The van der Waals surface area contributed by atoms with Crippen LogP contribution in [0.25, 0.3) is 11.1 Å². The number of rotatable bonds is 8. The maximum absolute atomic E-state index is 12.7. The van der Waals surface area contributed by atoms with E-state index in [4.69, 9.17) is 4.74 Å². The molecular weight excluding hydrogens is 460 g/mol. The standard InChI is InChI=1S/C26H26N6O2S/c1-32(2)15-23-31-22(16-35-23)26(33)30-19-5-3-4-17(12-19)13-28-25-20-8-11-34-24(20)21(14-29-25)18-6-9-27-10-7-18/h3-7,9-10,12,14,16H,8,11,13,15H2,1-2H3,(H,28,29)(H,30,33). The fourth-order valence-corrected chi connectivity index (χ4v) is 4.87. The van der Waals surface area contributed by atoms with Crippen molar-refractivity contribution in [1.82, 2.24) is 19.9 Å². The van der Waals surface area contributed by atoms with Gasteiger partial charge in [-0.2, -0.15) is 0 Å². The molecule has 178 valence electrons. The van der Waals surface area contributed by atoms with Crippen molar-refractivity contribution in [2.24, 2.45) is 0 Å². The molecule has 0 saturated heterocycles. The van der Waals surface area contributed by atoms with Crippen LogP contribution in [-0.2, 0) is 19.5 Å². The molecule has 4 heterocycles. The lowest BCUT2D eigenvalue weighted by Crippen LogP contribution is -2.14. The summed E-state index contributed by atoms with van der Waals surface area (Å²) < 4.78 is 5.95. The van der Waals surface area contributed by atoms with Crippen LogP contribution in [0.1, 0.15) is 26.6 Å². The van der Waals surface area contributed by atoms with Gasteiger partial charge in [-0.1, -0.05) is 12.1 Å². The number of ether oxygens (including phenoxy) is 1. The molecule has 4 aromatic rings. The second-order valence-corrected chi connectivity index (χ2v) is 9.48. The first kappa shape index (κ1) is 22.9. The Hall–Kier alpha value is -3.82. The number of amides is 1. The number of hydrogen-bond donors (Lipinski definition) is 2. The van der Waals surface area contributed by atoms with Gasteiger partial charge < -0.3 is 20.3 Å². The van der Waals surface area contributed by atoms with Crippen molar-refractivity contribution in [2.75, 3.05) is 31.3 Å². The lowest BCUT2D eigenvalue weighted by molar-refractivity contribution is 0.102. The maximum atomic E-state index is 12.7. The van der Waals surface area contributed by atoms with E-state index in [9.17, 15) is 4.79 Å². The number of carbonyl (C=O) groups is 1. The summed E-state index contributed by atoms with van der Waals surface area (Å²) in [4.78, 5) is 27.9. The van der Waals surface area contributed by atoms with E-state index in [0.717, 1.165) is 50.9 Å². The molecule has 0 bridgehead atoms. The summed E-state index contributed by atoms with van der Waals surface area (Å²) in [5.74, 6) is 1.49. The summed E-state index contributed by atoms with van der Waals surface area (Å²) in [6.45, 7) is 1.93. The summed E-state index contributed by atoms with van der Waals surface area (Å²) in [7, 11) is 3.96. The minimum absolute atomic E-state index is 0.209. The summed E-state index contributed by atoms with van der Waals surface area (Å²) in [5.41, 5.74) is 5.29. The van der Waals surface area contributed by atoms with Crippen molar-refractivity contribution in [3.05, 3.63) is 82.2 Å². The number of nitrogens with one attached hydrogen (secondary N) is 2.